The molecule has 0 bridgehead atoms. The monoisotopic (exact) mass is 408 g/mol. The summed E-state index contributed by atoms with van der Waals surface area (Å²) >= 11 is 3.47. The van der Waals surface area contributed by atoms with Crippen LogP contribution < -0.4 is 0 Å². The van der Waals surface area contributed by atoms with Gasteiger partial charge in [-0.3, -0.25) is 14.4 Å². The van der Waals surface area contributed by atoms with Crippen molar-refractivity contribution in [2.75, 3.05) is 32.7 Å². The number of hydrogen-bond acceptors (Lipinski definition) is 3. The number of aryl methyl sites for hydroxylation is 1. The van der Waals surface area contributed by atoms with Gasteiger partial charge in [0.1, 0.15) is 5.82 Å². The fourth-order valence-corrected chi connectivity index (χ4v) is 3.49. The molecule has 0 atom stereocenters. The fraction of sp³-hybridized carbons (Fsp3) is 0.444. The zero-order chi connectivity index (χ0) is 18.0. The molecule has 5 nitrogen and oxygen atoms in total. The van der Waals surface area contributed by atoms with Crippen molar-refractivity contribution >= 4 is 21.8 Å². The molecule has 3 rings (SSSR count). The van der Waals surface area contributed by atoms with Crippen molar-refractivity contribution in [3.63, 3.8) is 0 Å². The molecule has 7 heteroatoms. The van der Waals surface area contributed by atoms with Crippen molar-refractivity contribution in [3.8, 4) is 0 Å². The van der Waals surface area contributed by atoms with Crippen LogP contribution in [0, 0.1) is 12.7 Å². The lowest BCUT2D eigenvalue weighted by Gasteiger charge is -2.34. The van der Waals surface area contributed by atoms with E-state index in [4.69, 9.17) is 0 Å². The minimum Gasteiger partial charge on any atom is -0.335 e. The Morgan fingerprint density at radius 3 is 2.40 bits per heavy atom. The summed E-state index contributed by atoms with van der Waals surface area (Å²) < 4.78 is 15.4. The zero-order valence-corrected chi connectivity index (χ0v) is 16.1. The molecule has 1 aromatic carbocycles. The first-order valence-electron chi connectivity index (χ1n) is 8.41. The quantitative estimate of drug-likeness (QED) is 0.780. The van der Waals surface area contributed by atoms with E-state index in [-0.39, 0.29) is 11.7 Å². The van der Waals surface area contributed by atoms with E-state index >= 15 is 0 Å². The first-order valence-corrected chi connectivity index (χ1v) is 9.20. The summed E-state index contributed by atoms with van der Waals surface area (Å²) in [6.45, 7) is 5.93. The van der Waals surface area contributed by atoms with Crippen LogP contribution in [0.5, 0.6) is 0 Å². The highest BCUT2D eigenvalue weighted by Crippen LogP contribution is 2.22. The van der Waals surface area contributed by atoms with Crippen molar-refractivity contribution in [1.29, 1.82) is 0 Å². The third kappa shape index (κ3) is 4.10. The number of amides is 1. The van der Waals surface area contributed by atoms with E-state index in [0.29, 0.717) is 18.8 Å². The maximum atomic E-state index is 12.9. The van der Waals surface area contributed by atoms with Gasteiger partial charge >= 0.3 is 0 Å². The predicted octanol–water partition coefficient (Wildman–Crippen LogP) is 2.63. The number of hydrogen-bond donors (Lipinski definition) is 0. The third-order valence-electron chi connectivity index (χ3n) is 4.75. The van der Waals surface area contributed by atoms with Crippen molar-refractivity contribution < 1.29 is 9.18 Å². The van der Waals surface area contributed by atoms with E-state index in [0.717, 1.165) is 41.8 Å². The van der Waals surface area contributed by atoms with E-state index in [2.05, 4.69) is 25.9 Å². The highest BCUT2D eigenvalue weighted by molar-refractivity contribution is 9.10. The second-order valence-electron chi connectivity index (χ2n) is 6.38. The van der Waals surface area contributed by atoms with Crippen LogP contribution >= 0.6 is 15.9 Å². The zero-order valence-electron chi connectivity index (χ0n) is 14.5. The van der Waals surface area contributed by atoms with Crippen LogP contribution in [-0.2, 0) is 13.5 Å². The Bertz CT molecular complexity index is 751. The van der Waals surface area contributed by atoms with Crippen molar-refractivity contribution in [1.82, 2.24) is 19.6 Å². The highest BCUT2D eigenvalue weighted by atomic mass is 79.9. The molecular weight excluding hydrogens is 387 g/mol. The second-order valence-corrected chi connectivity index (χ2v) is 7.17. The molecule has 0 unspecified atom stereocenters. The molecule has 0 spiro atoms. The van der Waals surface area contributed by atoms with Gasteiger partial charge in [0, 0.05) is 39.8 Å². The molecule has 0 radical (unpaired) electrons. The largest absolute Gasteiger partial charge is 0.335 e. The van der Waals surface area contributed by atoms with Gasteiger partial charge in [-0.05, 0) is 47.0 Å². The molecule has 2 aromatic rings. The Kier molecular flexibility index (Phi) is 5.54. The molecule has 25 heavy (non-hydrogen) atoms. The fourth-order valence-electron chi connectivity index (χ4n) is 2.98. The molecule has 1 fully saturated rings. The SMILES string of the molecule is Cc1c(Br)c(C(=O)N2CCN(CCc3ccc(F)cc3)CC2)nn1C. The molecule has 1 saturated heterocycles. The summed E-state index contributed by atoms with van der Waals surface area (Å²) in [5.74, 6) is -0.222. The average Bonchev–Trinajstić information content (AvgIpc) is 2.88. The summed E-state index contributed by atoms with van der Waals surface area (Å²) in [6.07, 6.45) is 0.888. The molecule has 1 amide bonds. The van der Waals surface area contributed by atoms with E-state index < -0.39 is 0 Å². The van der Waals surface area contributed by atoms with Crippen LogP contribution in [0.4, 0.5) is 4.39 Å². The number of piperazine rings is 1. The van der Waals surface area contributed by atoms with Crippen LogP contribution in [0.3, 0.4) is 0 Å². The van der Waals surface area contributed by atoms with E-state index in [9.17, 15) is 9.18 Å². The van der Waals surface area contributed by atoms with E-state index in [1.807, 2.05) is 31.0 Å². The van der Waals surface area contributed by atoms with Gasteiger partial charge in [0.25, 0.3) is 5.91 Å². The molecular formula is C18H22BrFN4O. The van der Waals surface area contributed by atoms with Gasteiger partial charge in [-0.2, -0.15) is 5.10 Å². The normalized spacial score (nSPS) is 15.6. The second kappa shape index (κ2) is 7.66. The number of aromatic nitrogens is 2. The Balaban J connectivity index is 1.52. The van der Waals surface area contributed by atoms with E-state index in [1.165, 1.54) is 12.1 Å². The van der Waals surface area contributed by atoms with Crippen molar-refractivity contribution in [2.24, 2.45) is 7.05 Å². The maximum absolute atomic E-state index is 12.9. The maximum Gasteiger partial charge on any atom is 0.275 e. The number of halogens is 2. The number of carbonyl (C=O) groups excluding carboxylic acids is 1. The molecule has 1 aliphatic rings. The lowest BCUT2D eigenvalue weighted by molar-refractivity contribution is 0.0631. The topological polar surface area (TPSA) is 41.4 Å². The minimum absolute atomic E-state index is 0.0197. The Morgan fingerprint density at radius 2 is 1.84 bits per heavy atom. The molecule has 0 N–H and O–H groups in total. The van der Waals surface area contributed by atoms with Gasteiger partial charge in [-0.1, -0.05) is 12.1 Å². The molecule has 134 valence electrons. The predicted molar refractivity (Wildman–Crippen MR) is 98.1 cm³/mol. The molecule has 0 saturated carbocycles. The first kappa shape index (κ1) is 18.1. The van der Waals surface area contributed by atoms with Crippen LogP contribution in [-0.4, -0.2) is 58.2 Å². The van der Waals surface area contributed by atoms with Crippen LogP contribution in [0.25, 0.3) is 0 Å². The van der Waals surface area contributed by atoms with Gasteiger partial charge in [0.05, 0.1) is 10.2 Å². The highest BCUT2D eigenvalue weighted by Gasteiger charge is 2.26. The lowest BCUT2D eigenvalue weighted by atomic mass is 10.1. The first-order chi connectivity index (χ1) is 12.0. The summed E-state index contributed by atoms with van der Waals surface area (Å²) in [5, 5.41) is 4.32. The lowest BCUT2D eigenvalue weighted by Crippen LogP contribution is -2.49. The standard InChI is InChI=1S/C18H22BrFN4O/c1-13-16(19)17(21-22(13)2)18(25)24-11-9-23(10-12-24)8-7-14-3-5-15(20)6-4-14/h3-6H,7-12H2,1-2H3. The molecule has 1 aromatic heterocycles. The summed E-state index contributed by atoms with van der Waals surface area (Å²) in [7, 11) is 1.84. The van der Waals surface area contributed by atoms with Crippen LogP contribution in [0.2, 0.25) is 0 Å². The third-order valence-corrected chi connectivity index (χ3v) is 5.70. The Labute approximate surface area is 155 Å². The minimum atomic E-state index is -0.202. The van der Waals surface area contributed by atoms with Gasteiger partial charge in [0.2, 0.25) is 0 Å². The van der Waals surface area contributed by atoms with E-state index in [1.54, 1.807) is 4.68 Å². The summed E-state index contributed by atoms with van der Waals surface area (Å²) in [4.78, 5) is 16.9. The summed E-state index contributed by atoms with van der Waals surface area (Å²) in [5.41, 5.74) is 2.56. The van der Waals surface area contributed by atoms with Gasteiger partial charge < -0.3 is 4.90 Å². The Hall–Kier alpha value is -1.73. The average molecular weight is 409 g/mol. The molecule has 0 aliphatic carbocycles. The number of rotatable bonds is 4. The number of carbonyl (C=O) groups is 1. The van der Waals surface area contributed by atoms with Crippen LogP contribution in [0.1, 0.15) is 21.7 Å². The van der Waals surface area contributed by atoms with Crippen molar-refractivity contribution in [2.45, 2.75) is 13.3 Å². The number of nitrogens with zero attached hydrogens (tertiary/aromatic N) is 4. The smallest absolute Gasteiger partial charge is 0.275 e. The molecule has 2 heterocycles. The van der Waals surface area contributed by atoms with Crippen LogP contribution in [0.15, 0.2) is 28.7 Å². The van der Waals surface area contributed by atoms with Gasteiger partial charge in [-0.15, -0.1) is 0 Å². The number of benzene rings is 1. The van der Waals surface area contributed by atoms with Gasteiger partial charge in [0.15, 0.2) is 5.69 Å². The van der Waals surface area contributed by atoms with Crippen molar-refractivity contribution in [3.05, 3.63) is 51.5 Å². The molecule has 1 aliphatic heterocycles. The Morgan fingerprint density at radius 1 is 1.20 bits per heavy atom. The van der Waals surface area contributed by atoms with Gasteiger partial charge in [-0.25, -0.2) is 4.39 Å². The summed E-state index contributed by atoms with van der Waals surface area (Å²) in [6, 6.07) is 6.66.